The van der Waals surface area contributed by atoms with Crippen LogP contribution in [0.5, 0.6) is 5.75 Å². The topological polar surface area (TPSA) is 62.7 Å². The summed E-state index contributed by atoms with van der Waals surface area (Å²) >= 11 is 11.7. The number of nitrogens with zero attached hydrogens (tertiary/aromatic N) is 1. The Bertz CT molecular complexity index is 705. The lowest BCUT2D eigenvalue weighted by atomic mass is 10.2. The van der Waals surface area contributed by atoms with Crippen LogP contribution in [0.25, 0.3) is 0 Å². The number of benzene rings is 2. The van der Waals surface area contributed by atoms with Gasteiger partial charge in [-0.25, -0.2) is 10.2 Å². The van der Waals surface area contributed by atoms with Gasteiger partial charge in [0.25, 0.3) is 0 Å². The van der Waals surface area contributed by atoms with E-state index in [4.69, 9.17) is 27.9 Å². The zero-order valence-corrected chi connectivity index (χ0v) is 13.2. The molecule has 0 fully saturated rings. The van der Waals surface area contributed by atoms with E-state index in [0.717, 1.165) is 5.56 Å². The van der Waals surface area contributed by atoms with Gasteiger partial charge in [-0.15, -0.1) is 0 Å². The number of amides is 2. The molecule has 2 aromatic carbocycles. The minimum absolute atomic E-state index is 0.347. The molecule has 0 spiro atoms. The molecule has 0 saturated heterocycles. The fourth-order valence-electron chi connectivity index (χ4n) is 1.63. The molecule has 0 aliphatic rings. The Hall–Kier alpha value is -2.24. The SMILES string of the molecule is COc1cccc(/C=N/NC(=O)Nc2ccc(Cl)cc2Cl)c1. The fourth-order valence-corrected chi connectivity index (χ4v) is 2.08. The highest BCUT2D eigenvalue weighted by atomic mass is 35.5. The van der Waals surface area contributed by atoms with Crippen molar-refractivity contribution in [2.24, 2.45) is 5.10 Å². The van der Waals surface area contributed by atoms with E-state index in [9.17, 15) is 4.79 Å². The first kappa shape index (κ1) is 16.1. The summed E-state index contributed by atoms with van der Waals surface area (Å²) in [6.07, 6.45) is 1.51. The zero-order valence-electron chi connectivity index (χ0n) is 11.6. The van der Waals surface area contributed by atoms with Gasteiger partial charge in [-0.3, -0.25) is 0 Å². The summed E-state index contributed by atoms with van der Waals surface area (Å²) in [5, 5.41) is 7.26. The Labute approximate surface area is 137 Å². The van der Waals surface area contributed by atoms with Crippen LogP contribution in [0, 0.1) is 0 Å². The van der Waals surface area contributed by atoms with Crippen molar-refractivity contribution in [2.45, 2.75) is 0 Å². The quantitative estimate of drug-likeness (QED) is 0.650. The maximum atomic E-state index is 11.7. The maximum absolute atomic E-state index is 11.7. The van der Waals surface area contributed by atoms with Crippen molar-refractivity contribution in [3.63, 3.8) is 0 Å². The minimum Gasteiger partial charge on any atom is -0.497 e. The van der Waals surface area contributed by atoms with Gasteiger partial charge >= 0.3 is 6.03 Å². The summed E-state index contributed by atoms with van der Waals surface area (Å²) in [6.45, 7) is 0. The first-order chi connectivity index (χ1) is 10.6. The van der Waals surface area contributed by atoms with Crippen LogP contribution in [-0.2, 0) is 0 Å². The molecule has 0 aliphatic heterocycles. The number of urea groups is 1. The number of nitrogens with one attached hydrogen (secondary N) is 2. The summed E-state index contributed by atoms with van der Waals surface area (Å²) in [4.78, 5) is 11.7. The Kier molecular flexibility index (Phi) is 5.63. The molecule has 0 heterocycles. The highest BCUT2D eigenvalue weighted by Crippen LogP contribution is 2.25. The molecule has 0 aliphatic carbocycles. The van der Waals surface area contributed by atoms with E-state index in [-0.39, 0.29) is 0 Å². The van der Waals surface area contributed by atoms with E-state index in [1.165, 1.54) is 12.3 Å². The Morgan fingerprint density at radius 2 is 2.05 bits per heavy atom. The predicted molar refractivity (Wildman–Crippen MR) is 89.2 cm³/mol. The van der Waals surface area contributed by atoms with Crippen molar-refractivity contribution in [1.82, 2.24) is 5.43 Å². The van der Waals surface area contributed by atoms with E-state index in [2.05, 4.69) is 15.8 Å². The number of methoxy groups -OCH3 is 1. The predicted octanol–water partition coefficient (Wildman–Crippen LogP) is 4.16. The number of halogens is 2. The molecule has 2 aromatic rings. The third-order valence-electron chi connectivity index (χ3n) is 2.65. The van der Waals surface area contributed by atoms with Gasteiger partial charge in [0.1, 0.15) is 5.75 Å². The highest BCUT2D eigenvalue weighted by molar-refractivity contribution is 6.36. The molecular formula is C15H13Cl2N3O2. The smallest absolute Gasteiger partial charge is 0.339 e. The minimum atomic E-state index is -0.511. The monoisotopic (exact) mass is 337 g/mol. The van der Waals surface area contributed by atoms with E-state index in [1.54, 1.807) is 25.3 Å². The number of carbonyl (C=O) groups excluding carboxylic acids is 1. The van der Waals surface area contributed by atoms with Crippen LogP contribution in [0.2, 0.25) is 10.0 Å². The molecule has 2 N–H and O–H groups in total. The second-order valence-corrected chi connectivity index (χ2v) is 5.07. The molecule has 0 aromatic heterocycles. The van der Waals surface area contributed by atoms with Gasteiger partial charge < -0.3 is 10.1 Å². The molecule has 22 heavy (non-hydrogen) atoms. The Morgan fingerprint density at radius 3 is 2.77 bits per heavy atom. The Morgan fingerprint density at radius 1 is 1.23 bits per heavy atom. The van der Waals surface area contributed by atoms with Gasteiger partial charge in [0.2, 0.25) is 0 Å². The summed E-state index contributed by atoms with van der Waals surface area (Å²) in [5.41, 5.74) is 3.59. The van der Waals surface area contributed by atoms with Crippen molar-refractivity contribution < 1.29 is 9.53 Å². The standard InChI is InChI=1S/C15H13Cl2N3O2/c1-22-12-4-2-3-10(7-12)9-18-20-15(21)19-14-6-5-11(16)8-13(14)17/h2-9H,1H3,(H2,19,20,21)/b18-9+. The average Bonchev–Trinajstić information content (AvgIpc) is 2.50. The Balaban J connectivity index is 1.93. The first-order valence-corrected chi connectivity index (χ1v) is 7.03. The van der Waals surface area contributed by atoms with Gasteiger partial charge in [-0.1, -0.05) is 35.3 Å². The van der Waals surface area contributed by atoms with E-state index in [0.29, 0.717) is 21.5 Å². The van der Waals surface area contributed by atoms with E-state index >= 15 is 0 Å². The normalized spacial score (nSPS) is 10.5. The van der Waals surface area contributed by atoms with Crippen LogP contribution in [0.1, 0.15) is 5.56 Å². The molecule has 0 unspecified atom stereocenters. The van der Waals surface area contributed by atoms with E-state index < -0.39 is 6.03 Å². The van der Waals surface area contributed by atoms with Gasteiger partial charge in [-0.2, -0.15) is 5.10 Å². The van der Waals surface area contributed by atoms with Crippen molar-refractivity contribution in [3.8, 4) is 5.75 Å². The lowest BCUT2D eigenvalue weighted by molar-refractivity contribution is 0.252. The summed E-state index contributed by atoms with van der Waals surface area (Å²) in [6, 6.07) is 11.5. The van der Waals surface area contributed by atoms with Crippen molar-refractivity contribution in [2.75, 3.05) is 12.4 Å². The van der Waals surface area contributed by atoms with Crippen LogP contribution >= 0.6 is 23.2 Å². The van der Waals surface area contributed by atoms with Gasteiger partial charge in [0, 0.05) is 5.02 Å². The van der Waals surface area contributed by atoms with Crippen LogP contribution in [-0.4, -0.2) is 19.4 Å². The molecule has 0 radical (unpaired) electrons. The summed E-state index contributed by atoms with van der Waals surface area (Å²) < 4.78 is 5.10. The number of rotatable bonds is 4. The molecule has 2 rings (SSSR count). The molecule has 2 amide bonds. The van der Waals surface area contributed by atoms with Crippen molar-refractivity contribution >= 4 is 41.1 Å². The van der Waals surface area contributed by atoms with Crippen LogP contribution in [0.3, 0.4) is 0 Å². The zero-order chi connectivity index (χ0) is 15.9. The number of ether oxygens (including phenoxy) is 1. The second-order valence-electron chi connectivity index (χ2n) is 4.22. The third kappa shape index (κ3) is 4.65. The van der Waals surface area contributed by atoms with Crippen LogP contribution in [0.15, 0.2) is 47.6 Å². The second kappa shape index (κ2) is 7.68. The molecular weight excluding hydrogens is 325 g/mol. The third-order valence-corrected chi connectivity index (χ3v) is 3.20. The summed E-state index contributed by atoms with van der Waals surface area (Å²) in [5.74, 6) is 0.710. The first-order valence-electron chi connectivity index (χ1n) is 6.27. The van der Waals surface area contributed by atoms with Crippen molar-refractivity contribution in [3.05, 3.63) is 58.1 Å². The largest absolute Gasteiger partial charge is 0.497 e. The lowest BCUT2D eigenvalue weighted by Crippen LogP contribution is -2.24. The van der Waals surface area contributed by atoms with Crippen LogP contribution < -0.4 is 15.5 Å². The number of carbonyl (C=O) groups is 1. The fraction of sp³-hybridized carbons (Fsp3) is 0.0667. The highest BCUT2D eigenvalue weighted by Gasteiger charge is 2.05. The van der Waals surface area contributed by atoms with Gasteiger partial charge in [-0.05, 0) is 35.9 Å². The molecule has 7 heteroatoms. The number of hydrogen-bond acceptors (Lipinski definition) is 3. The molecule has 114 valence electrons. The molecule has 0 bridgehead atoms. The van der Waals surface area contributed by atoms with E-state index in [1.807, 2.05) is 18.2 Å². The van der Waals surface area contributed by atoms with Crippen molar-refractivity contribution in [1.29, 1.82) is 0 Å². The molecule has 5 nitrogen and oxygen atoms in total. The van der Waals surface area contributed by atoms with Gasteiger partial charge in [0.05, 0.1) is 24.0 Å². The number of anilines is 1. The maximum Gasteiger partial charge on any atom is 0.339 e. The average molecular weight is 338 g/mol. The number of hydrazone groups is 1. The van der Waals surface area contributed by atoms with Crippen LogP contribution in [0.4, 0.5) is 10.5 Å². The molecule has 0 atom stereocenters. The molecule has 0 saturated carbocycles. The number of hydrogen-bond donors (Lipinski definition) is 2. The summed E-state index contributed by atoms with van der Waals surface area (Å²) in [7, 11) is 1.58. The lowest BCUT2D eigenvalue weighted by Gasteiger charge is -2.06. The van der Waals surface area contributed by atoms with Gasteiger partial charge in [0.15, 0.2) is 0 Å².